The molecule has 0 bridgehead atoms. The van der Waals surface area contributed by atoms with Crippen LogP contribution in [0.5, 0.6) is 11.5 Å². The number of fused-ring (bicyclic) bond motifs is 1. The van der Waals surface area contributed by atoms with Crippen molar-refractivity contribution in [1.82, 2.24) is 9.38 Å². The van der Waals surface area contributed by atoms with Gasteiger partial charge in [0.2, 0.25) is 5.91 Å². The van der Waals surface area contributed by atoms with Gasteiger partial charge in [0.05, 0.1) is 12.8 Å². The van der Waals surface area contributed by atoms with E-state index < -0.39 is 0 Å². The molecule has 1 amide bonds. The van der Waals surface area contributed by atoms with Crippen LogP contribution in [0.15, 0.2) is 79.1 Å². The Labute approximate surface area is 178 Å². The molecule has 0 aliphatic heterocycles. The predicted octanol–water partition coefficient (Wildman–Crippen LogP) is 4.71. The van der Waals surface area contributed by atoms with Gasteiger partial charge in [-0.15, -0.1) is 0 Å². The molecule has 2 aromatic carbocycles. The number of pyridine rings is 1. The minimum absolute atomic E-state index is 0.250. The molecule has 0 atom stereocenters. The summed E-state index contributed by atoms with van der Waals surface area (Å²) in [7, 11) is 1.55. The fourth-order valence-corrected chi connectivity index (χ4v) is 3.01. The van der Waals surface area contributed by atoms with Gasteiger partial charge in [0.1, 0.15) is 18.1 Å². The Morgan fingerprint density at radius 1 is 1.13 bits per heavy atom. The summed E-state index contributed by atoms with van der Waals surface area (Å²) in [6.07, 6.45) is 6.81. The predicted molar refractivity (Wildman–Crippen MR) is 117 cm³/mol. The molecule has 4 aromatic rings. The second-order valence-corrected chi connectivity index (χ2v) is 6.73. The smallest absolute Gasteiger partial charge is 0.248 e. The lowest BCUT2D eigenvalue weighted by molar-refractivity contribution is -0.111. The van der Waals surface area contributed by atoms with Gasteiger partial charge in [-0.25, -0.2) is 9.37 Å². The quantitative estimate of drug-likeness (QED) is 0.442. The monoisotopic (exact) mass is 417 g/mol. The minimum atomic E-state index is -0.323. The van der Waals surface area contributed by atoms with E-state index in [1.807, 2.05) is 35.0 Å². The van der Waals surface area contributed by atoms with E-state index in [1.165, 1.54) is 18.2 Å². The number of imidazole rings is 1. The van der Waals surface area contributed by atoms with Crippen LogP contribution < -0.4 is 14.8 Å². The first kappa shape index (κ1) is 20.2. The van der Waals surface area contributed by atoms with Crippen molar-refractivity contribution in [2.75, 3.05) is 12.4 Å². The summed E-state index contributed by atoms with van der Waals surface area (Å²) in [5.74, 6) is 0.389. The van der Waals surface area contributed by atoms with Crippen LogP contribution in [-0.4, -0.2) is 22.4 Å². The van der Waals surface area contributed by atoms with Crippen LogP contribution >= 0.6 is 0 Å². The molecule has 2 heterocycles. The average molecular weight is 417 g/mol. The SMILES string of the molecule is COc1ccc(NC(=O)/C=C/c2ccc(F)cc2)cc1OCc1cn2ccccc2n1. The molecule has 7 heteroatoms. The number of nitrogens with one attached hydrogen (secondary N) is 1. The van der Waals surface area contributed by atoms with Crippen molar-refractivity contribution >= 4 is 23.3 Å². The lowest BCUT2D eigenvalue weighted by Crippen LogP contribution is -2.08. The number of carbonyl (C=O) groups excluding carboxylic acids is 1. The number of anilines is 1. The highest BCUT2D eigenvalue weighted by Crippen LogP contribution is 2.31. The van der Waals surface area contributed by atoms with Crippen LogP contribution in [-0.2, 0) is 11.4 Å². The molecular formula is C24H20FN3O3. The Bertz CT molecular complexity index is 1200. The highest BCUT2D eigenvalue weighted by Gasteiger charge is 2.09. The lowest BCUT2D eigenvalue weighted by atomic mass is 10.2. The number of aromatic nitrogens is 2. The van der Waals surface area contributed by atoms with Crippen molar-refractivity contribution in [2.24, 2.45) is 0 Å². The molecule has 4 rings (SSSR count). The summed E-state index contributed by atoms with van der Waals surface area (Å²) >= 11 is 0. The second-order valence-electron chi connectivity index (χ2n) is 6.73. The number of hydrogen-bond acceptors (Lipinski definition) is 4. The van der Waals surface area contributed by atoms with Crippen LogP contribution in [0.25, 0.3) is 11.7 Å². The molecule has 0 aliphatic carbocycles. The van der Waals surface area contributed by atoms with Crippen LogP contribution in [0.2, 0.25) is 0 Å². The Balaban J connectivity index is 1.43. The summed E-state index contributed by atoms with van der Waals surface area (Å²) in [4.78, 5) is 16.7. The number of halogens is 1. The van der Waals surface area contributed by atoms with Crippen molar-refractivity contribution < 1.29 is 18.7 Å². The fraction of sp³-hybridized carbons (Fsp3) is 0.0833. The van der Waals surface area contributed by atoms with Gasteiger partial charge >= 0.3 is 0 Å². The number of nitrogens with zero attached hydrogens (tertiary/aromatic N) is 2. The van der Waals surface area contributed by atoms with E-state index in [4.69, 9.17) is 9.47 Å². The number of amides is 1. The van der Waals surface area contributed by atoms with Crippen molar-refractivity contribution in [3.8, 4) is 11.5 Å². The Morgan fingerprint density at radius 2 is 1.97 bits per heavy atom. The standard InChI is InChI=1S/C24H20FN3O3/c1-30-21-11-10-19(27-24(29)12-7-17-5-8-18(25)9-6-17)14-22(21)31-16-20-15-28-13-3-2-4-23(28)26-20/h2-15H,16H2,1H3,(H,27,29)/b12-7+. The topological polar surface area (TPSA) is 64.9 Å². The van der Waals surface area contributed by atoms with Crippen LogP contribution in [0, 0.1) is 5.82 Å². The Morgan fingerprint density at radius 3 is 2.74 bits per heavy atom. The van der Waals surface area contributed by atoms with Crippen molar-refractivity contribution in [3.05, 3.63) is 96.2 Å². The van der Waals surface area contributed by atoms with E-state index in [0.717, 1.165) is 16.9 Å². The number of ether oxygens (including phenoxy) is 2. The second kappa shape index (κ2) is 9.13. The molecule has 0 saturated heterocycles. The maximum absolute atomic E-state index is 13.0. The zero-order valence-corrected chi connectivity index (χ0v) is 16.8. The van der Waals surface area contributed by atoms with E-state index in [-0.39, 0.29) is 18.3 Å². The molecule has 31 heavy (non-hydrogen) atoms. The van der Waals surface area contributed by atoms with E-state index in [0.29, 0.717) is 17.2 Å². The zero-order valence-electron chi connectivity index (χ0n) is 16.8. The molecule has 156 valence electrons. The number of benzene rings is 2. The Hall–Kier alpha value is -4.13. The first-order valence-corrected chi connectivity index (χ1v) is 9.59. The van der Waals surface area contributed by atoms with Crippen LogP contribution in [0.1, 0.15) is 11.3 Å². The third kappa shape index (κ3) is 5.08. The maximum atomic E-state index is 13.0. The number of rotatable bonds is 7. The zero-order chi connectivity index (χ0) is 21.6. The molecular weight excluding hydrogens is 397 g/mol. The average Bonchev–Trinajstić information content (AvgIpc) is 3.20. The molecule has 6 nitrogen and oxygen atoms in total. The van der Waals surface area contributed by atoms with Gasteiger partial charge in [-0.3, -0.25) is 4.79 Å². The normalized spacial score (nSPS) is 11.0. The summed E-state index contributed by atoms with van der Waals surface area (Å²) in [6, 6.07) is 16.8. The molecule has 2 aromatic heterocycles. The lowest BCUT2D eigenvalue weighted by Gasteiger charge is -2.12. The number of methoxy groups -OCH3 is 1. The Kier molecular flexibility index (Phi) is 5.93. The first-order chi connectivity index (χ1) is 15.1. The van der Waals surface area contributed by atoms with Gasteiger partial charge in [0, 0.05) is 30.2 Å². The van der Waals surface area contributed by atoms with Gasteiger partial charge < -0.3 is 19.2 Å². The molecule has 1 N–H and O–H groups in total. The van der Waals surface area contributed by atoms with Crippen molar-refractivity contribution in [3.63, 3.8) is 0 Å². The van der Waals surface area contributed by atoms with E-state index >= 15 is 0 Å². The molecule has 0 saturated carbocycles. The van der Waals surface area contributed by atoms with E-state index in [2.05, 4.69) is 10.3 Å². The van der Waals surface area contributed by atoms with Crippen LogP contribution in [0.3, 0.4) is 0 Å². The van der Waals surface area contributed by atoms with Crippen molar-refractivity contribution in [2.45, 2.75) is 6.61 Å². The third-order valence-corrected chi connectivity index (χ3v) is 4.52. The molecule has 0 spiro atoms. The van der Waals surface area contributed by atoms with Gasteiger partial charge in [0.25, 0.3) is 0 Å². The van der Waals surface area contributed by atoms with Gasteiger partial charge in [-0.2, -0.15) is 0 Å². The molecule has 0 radical (unpaired) electrons. The number of carbonyl (C=O) groups is 1. The molecule has 0 fully saturated rings. The van der Waals surface area contributed by atoms with Crippen molar-refractivity contribution in [1.29, 1.82) is 0 Å². The summed E-state index contributed by atoms with van der Waals surface area (Å²) in [5.41, 5.74) is 2.88. The van der Waals surface area contributed by atoms with Gasteiger partial charge in [-0.1, -0.05) is 18.2 Å². The number of hydrogen-bond donors (Lipinski definition) is 1. The third-order valence-electron chi connectivity index (χ3n) is 4.52. The molecule has 0 unspecified atom stereocenters. The first-order valence-electron chi connectivity index (χ1n) is 9.59. The summed E-state index contributed by atoms with van der Waals surface area (Å²) < 4.78 is 26.1. The van der Waals surface area contributed by atoms with E-state index in [1.54, 1.807) is 43.5 Å². The molecule has 0 aliphatic rings. The van der Waals surface area contributed by atoms with Gasteiger partial charge in [-0.05, 0) is 48.0 Å². The highest BCUT2D eigenvalue weighted by molar-refractivity contribution is 6.02. The summed E-state index contributed by atoms with van der Waals surface area (Å²) in [6.45, 7) is 0.250. The van der Waals surface area contributed by atoms with E-state index in [9.17, 15) is 9.18 Å². The highest BCUT2D eigenvalue weighted by atomic mass is 19.1. The largest absolute Gasteiger partial charge is 0.493 e. The summed E-state index contributed by atoms with van der Waals surface area (Å²) in [5, 5.41) is 2.78. The fourth-order valence-electron chi connectivity index (χ4n) is 3.01. The minimum Gasteiger partial charge on any atom is -0.493 e. The van der Waals surface area contributed by atoms with Gasteiger partial charge in [0.15, 0.2) is 11.5 Å². The van der Waals surface area contributed by atoms with Crippen LogP contribution in [0.4, 0.5) is 10.1 Å². The maximum Gasteiger partial charge on any atom is 0.248 e.